The molecule has 0 bridgehead atoms. The van der Waals surface area contributed by atoms with E-state index >= 15 is 0 Å². The average Bonchev–Trinajstić information content (AvgIpc) is 2.47. The lowest BCUT2D eigenvalue weighted by Gasteiger charge is -2.26. The molecule has 1 aromatic carbocycles. The third-order valence-corrected chi connectivity index (χ3v) is 3.58. The highest BCUT2D eigenvalue weighted by atomic mass is 19.4. The summed E-state index contributed by atoms with van der Waals surface area (Å²) in [6.07, 6.45) is -4.69. The molecule has 1 amide bonds. The molecule has 23 heavy (non-hydrogen) atoms. The summed E-state index contributed by atoms with van der Waals surface area (Å²) in [6, 6.07) is 2.70. The molecule has 2 rings (SSSR count). The first-order valence-corrected chi connectivity index (χ1v) is 7.13. The molecule has 1 N–H and O–H groups in total. The van der Waals surface area contributed by atoms with Gasteiger partial charge in [0.05, 0.1) is 18.7 Å². The minimum absolute atomic E-state index is 0.000137. The molecule has 0 spiro atoms. The molecule has 1 fully saturated rings. The number of hydrogen-bond acceptors (Lipinski definition) is 3. The first-order valence-electron chi connectivity index (χ1n) is 7.13. The van der Waals surface area contributed by atoms with Crippen molar-refractivity contribution in [3.63, 3.8) is 0 Å². The summed E-state index contributed by atoms with van der Waals surface area (Å²) >= 11 is 0. The summed E-state index contributed by atoms with van der Waals surface area (Å²) in [4.78, 5) is 24.8. The SMILES string of the molecule is O=C(CCc1ccc(F)c(C(F)(F)F)c1)CN1CCNCC1=O. The van der Waals surface area contributed by atoms with E-state index < -0.39 is 17.6 Å². The van der Waals surface area contributed by atoms with E-state index in [1.807, 2.05) is 0 Å². The van der Waals surface area contributed by atoms with Crippen LogP contribution in [0.15, 0.2) is 18.2 Å². The van der Waals surface area contributed by atoms with Gasteiger partial charge in [-0.15, -0.1) is 0 Å². The van der Waals surface area contributed by atoms with Gasteiger partial charge in [0, 0.05) is 19.5 Å². The number of hydrogen-bond donors (Lipinski definition) is 1. The number of alkyl halides is 3. The van der Waals surface area contributed by atoms with Crippen LogP contribution in [-0.4, -0.2) is 42.8 Å². The Kier molecular flexibility index (Phi) is 5.35. The fraction of sp³-hybridized carbons (Fsp3) is 0.467. The van der Waals surface area contributed by atoms with Crippen molar-refractivity contribution in [2.24, 2.45) is 0 Å². The smallest absolute Gasteiger partial charge is 0.333 e. The molecule has 1 heterocycles. The molecule has 1 aliphatic rings. The predicted molar refractivity (Wildman–Crippen MR) is 74.2 cm³/mol. The second kappa shape index (κ2) is 7.08. The molecule has 4 nitrogen and oxygen atoms in total. The van der Waals surface area contributed by atoms with E-state index in [0.29, 0.717) is 13.1 Å². The van der Waals surface area contributed by atoms with Crippen LogP contribution in [0.2, 0.25) is 0 Å². The number of nitrogens with one attached hydrogen (secondary N) is 1. The highest BCUT2D eigenvalue weighted by Gasteiger charge is 2.34. The number of ketones is 1. The van der Waals surface area contributed by atoms with E-state index in [2.05, 4.69) is 5.32 Å². The van der Waals surface area contributed by atoms with Gasteiger partial charge in [0.15, 0.2) is 5.78 Å². The summed E-state index contributed by atoms with van der Waals surface area (Å²) in [7, 11) is 0. The normalized spacial score (nSPS) is 15.8. The summed E-state index contributed by atoms with van der Waals surface area (Å²) in [5.41, 5.74) is -1.10. The molecule has 1 saturated heterocycles. The van der Waals surface area contributed by atoms with Crippen molar-refractivity contribution in [3.8, 4) is 0 Å². The second-order valence-electron chi connectivity index (χ2n) is 5.34. The van der Waals surface area contributed by atoms with Gasteiger partial charge in [0.2, 0.25) is 5.91 Å². The van der Waals surface area contributed by atoms with Crippen LogP contribution in [0.1, 0.15) is 17.5 Å². The van der Waals surface area contributed by atoms with E-state index in [-0.39, 0.29) is 43.2 Å². The minimum atomic E-state index is -4.77. The third-order valence-electron chi connectivity index (χ3n) is 3.58. The molecule has 0 atom stereocenters. The Hall–Kier alpha value is -1.96. The van der Waals surface area contributed by atoms with Gasteiger partial charge in [-0.2, -0.15) is 13.2 Å². The van der Waals surface area contributed by atoms with Crippen LogP contribution in [0.5, 0.6) is 0 Å². The van der Waals surface area contributed by atoms with E-state index in [1.165, 1.54) is 11.0 Å². The number of aryl methyl sites for hydroxylation is 1. The molecule has 1 aliphatic heterocycles. The zero-order valence-electron chi connectivity index (χ0n) is 12.3. The topological polar surface area (TPSA) is 49.4 Å². The molecule has 0 radical (unpaired) electrons. The molecule has 1 aromatic rings. The van der Waals surface area contributed by atoms with Gasteiger partial charge in [0.1, 0.15) is 5.82 Å². The number of nitrogens with zero attached hydrogens (tertiary/aromatic N) is 1. The van der Waals surface area contributed by atoms with Gasteiger partial charge in [0.25, 0.3) is 0 Å². The van der Waals surface area contributed by atoms with Crippen LogP contribution in [0.3, 0.4) is 0 Å². The Morgan fingerprint density at radius 2 is 2.04 bits per heavy atom. The van der Waals surface area contributed by atoms with Crippen molar-refractivity contribution in [3.05, 3.63) is 35.1 Å². The number of Topliss-reactive ketones (excluding diaryl/α,β-unsaturated/α-hetero) is 1. The lowest BCUT2D eigenvalue weighted by atomic mass is 10.0. The van der Waals surface area contributed by atoms with Gasteiger partial charge in [-0.25, -0.2) is 4.39 Å². The van der Waals surface area contributed by atoms with Gasteiger partial charge in [-0.3, -0.25) is 9.59 Å². The summed E-state index contributed by atoms with van der Waals surface area (Å²) in [6.45, 7) is 1.17. The van der Waals surface area contributed by atoms with Crippen LogP contribution in [0, 0.1) is 5.82 Å². The summed E-state index contributed by atoms with van der Waals surface area (Å²) in [5, 5.41) is 2.88. The molecular weight excluding hydrogens is 316 g/mol. The zero-order valence-corrected chi connectivity index (χ0v) is 12.3. The Bertz CT molecular complexity index is 602. The minimum Gasteiger partial charge on any atom is -0.333 e. The van der Waals surface area contributed by atoms with Crippen molar-refractivity contribution >= 4 is 11.7 Å². The van der Waals surface area contributed by atoms with Crippen molar-refractivity contribution in [2.75, 3.05) is 26.2 Å². The standard InChI is InChI=1S/C15H16F4N2O2/c16-13-4-2-10(7-12(13)15(17,18)19)1-3-11(22)9-21-6-5-20-8-14(21)23/h2,4,7,20H,1,3,5-6,8-9H2. The number of amides is 1. The van der Waals surface area contributed by atoms with Crippen molar-refractivity contribution in [1.29, 1.82) is 0 Å². The summed E-state index contributed by atoms with van der Waals surface area (Å²) in [5.74, 6) is -1.75. The van der Waals surface area contributed by atoms with E-state index in [0.717, 1.165) is 12.1 Å². The molecule has 0 aromatic heterocycles. The molecule has 0 unspecified atom stereocenters. The Morgan fingerprint density at radius 3 is 2.70 bits per heavy atom. The van der Waals surface area contributed by atoms with E-state index in [4.69, 9.17) is 0 Å². The lowest BCUT2D eigenvalue weighted by Crippen LogP contribution is -2.49. The molecule has 8 heteroatoms. The largest absolute Gasteiger partial charge is 0.419 e. The van der Waals surface area contributed by atoms with Crippen molar-refractivity contribution < 1.29 is 27.2 Å². The number of rotatable bonds is 5. The molecule has 0 aliphatic carbocycles. The maximum absolute atomic E-state index is 13.2. The maximum Gasteiger partial charge on any atom is 0.419 e. The first-order chi connectivity index (χ1) is 10.8. The quantitative estimate of drug-likeness (QED) is 0.836. The number of piperazine rings is 1. The van der Waals surface area contributed by atoms with E-state index in [9.17, 15) is 27.2 Å². The zero-order chi connectivity index (χ0) is 17.0. The Morgan fingerprint density at radius 1 is 1.30 bits per heavy atom. The van der Waals surface area contributed by atoms with Crippen LogP contribution in [-0.2, 0) is 22.2 Å². The summed E-state index contributed by atoms with van der Waals surface area (Å²) < 4.78 is 51.0. The Labute approximate surface area is 130 Å². The molecule has 126 valence electrons. The average molecular weight is 332 g/mol. The Balaban J connectivity index is 1.93. The fourth-order valence-corrected chi connectivity index (χ4v) is 2.33. The van der Waals surface area contributed by atoms with Gasteiger partial charge >= 0.3 is 6.18 Å². The van der Waals surface area contributed by atoms with Crippen LogP contribution >= 0.6 is 0 Å². The number of carbonyl (C=O) groups is 2. The van der Waals surface area contributed by atoms with E-state index in [1.54, 1.807) is 0 Å². The van der Waals surface area contributed by atoms with Crippen LogP contribution < -0.4 is 5.32 Å². The van der Waals surface area contributed by atoms with Crippen LogP contribution in [0.4, 0.5) is 17.6 Å². The highest BCUT2D eigenvalue weighted by molar-refractivity contribution is 5.87. The van der Waals surface area contributed by atoms with Crippen molar-refractivity contribution in [1.82, 2.24) is 10.2 Å². The highest BCUT2D eigenvalue weighted by Crippen LogP contribution is 2.32. The number of benzene rings is 1. The maximum atomic E-state index is 13.2. The third kappa shape index (κ3) is 4.75. The van der Waals surface area contributed by atoms with Crippen molar-refractivity contribution in [2.45, 2.75) is 19.0 Å². The number of halogens is 4. The van der Waals surface area contributed by atoms with Gasteiger partial charge in [-0.05, 0) is 24.1 Å². The fourth-order valence-electron chi connectivity index (χ4n) is 2.33. The van der Waals surface area contributed by atoms with Crippen LogP contribution in [0.25, 0.3) is 0 Å². The molecular formula is C15H16F4N2O2. The lowest BCUT2D eigenvalue weighted by molar-refractivity contribution is -0.140. The van der Waals surface area contributed by atoms with Gasteiger partial charge < -0.3 is 10.2 Å². The molecule has 0 saturated carbocycles. The first kappa shape index (κ1) is 17.4. The second-order valence-corrected chi connectivity index (χ2v) is 5.34. The number of carbonyl (C=O) groups excluding carboxylic acids is 2. The monoisotopic (exact) mass is 332 g/mol. The van der Waals surface area contributed by atoms with Gasteiger partial charge in [-0.1, -0.05) is 6.07 Å². The predicted octanol–water partition coefficient (Wildman–Crippen LogP) is 1.78.